The highest BCUT2D eigenvalue weighted by atomic mass is 19.3. The van der Waals surface area contributed by atoms with E-state index < -0.39 is 23.0 Å². The molecule has 1 aromatic carbocycles. The molecule has 0 N–H and O–H groups in total. The summed E-state index contributed by atoms with van der Waals surface area (Å²) in [5.41, 5.74) is -0.509. The number of carbonyl (C=O) groups excluding carboxylic acids is 1. The molecule has 5 nitrogen and oxygen atoms in total. The number of hydrogen-bond acceptors (Lipinski definition) is 4. The van der Waals surface area contributed by atoms with E-state index in [1.807, 2.05) is 0 Å². The number of halogens is 2. The molecule has 7 heteroatoms. The molecule has 0 bridgehead atoms. The molecule has 0 heterocycles. The summed E-state index contributed by atoms with van der Waals surface area (Å²) in [6.45, 7) is -1.72. The molecule has 0 spiro atoms. The molecular weight excluding hydrogens is 224 g/mol. The van der Waals surface area contributed by atoms with Crippen LogP contribution in [0.15, 0.2) is 12.1 Å². The molecule has 0 aliphatic heterocycles. The predicted molar refractivity (Wildman–Crippen MR) is 49.9 cm³/mol. The van der Waals surface area contributed by atoms with Crippen LogP contribution in [0.5, 0.6) is 5.75 Å². The molecule has 0 saturated carbocycles. The lowest BCUT2D eigenvalue weighted by molar-refractivity contribution is -0.386. The van der Waals surface area contributed by atoms with Crippen LogP contribution >= 0.6 is 0 Å². The first kappa shape index (κ1) is 12.0. The number of benzene rings is 1. The Kier molecular flexibility index (Phi) is 3.49. The first-order valence-electron chi connectivity index (χ1n) is 4.14. The van der Waals surface area contributed by atoms with Gasteiger partial charge >= 0.3 is 12.3 Å². The fourth-order valence-electron chi connectivity index (χ4n) is 1.22. The summed E-state index contributed by atoms with van der Waals surface area (Å²) in [5.74, 6) is -0.708. The fourth-order valence-corrected chi connectivity index (χ4v) is 1.22. The van der Waals surface area contributed by atoms with Gasteiger partial charge in [-0.05, 0) is 18.6 Å². The number of aldehydes is 1. The molecule has 86 valence electrons. The summed E-state index contributed by atoms with van der Waals surface area (Å²) in [6.07, 6.45) is 0.234. The number of ether oxygens (including phenoxy) is 1. The Labute approximate surface area is 88.8 Å². The Morgan fingerprint density at radius 2 is 2.12 bits per heavy atom. The van der Waals surface area contributed by atoms with Gasteiger partial charge in [0.15, 0.2) is 6.29 Å². The van der Waals surface area contributed by atoms with E-state index in [1.165, 1.54) is 13.0 Å². The lowest BCUT2D eigenvalue weighted by Gasteiger charge is -2.08. The SMILES string of the molecule is Cc1cc(C=O)c(OC(F)F)c([N+](=O)[O-])c1. The number of nitrogens with zero attached hydrogens (tertiary/aromatic N) is 1. The molecule has 0 unspecified atom stereocenters. The number of hydrogen-bond donors (Lipinski definition) is 0. The van der Waals surface area contributed by atoms with Crippen LogP contribution in [-0.2, 0) is 0 Å². The predicted octanol–water partition coefficient (Wildman–Crippen LogP) is 2.32. The summed E-state index contributed by atoms with van der Waals surface area (Å²) >= 11 is 0. The minimum atomic E-state index is -3.22. The molecule has 0 radical (unpaired) electrons. The molecule has 0 aliphatic rings. The van der Waals surface area contributed by atoms with Crippen molar-refractivity contribution in [3.8, 4) is 5.75 Å². The van der Waals surface area contributed by atoms with Crippen LogP contribution in [-0.4, -0.2) is 17.8 Å². The van der Waals surface area contributed by atoms with Crippen molar-refractivity contribution in [3.63, 3.8) is 0 Å². The normalized spacial score (nSPS) is 10.2. The number of aryl methyl sites for hydroxylation is 1. The van der Waals surface area contributed by atoms with E-state index >= 15 is 0 Å². The molecule has 1 rings (SSSR count). The zero-order valence-corrected chi connectivity index (χ0v) is 8.15. The highest BCUT2D eigenvalue weighted by Gasteiger charge is 2.23. The Morgan fingerprint density at radius 3 is 2.56 bits per heavy atom. The molecular formula is C9H7F2NO4. The number of nitro benzene ring substituents is 1. The van der Waals surface area contributed by atoms with Gasteiger partial charge in [0.2, 0.25) is 5.75 Å². The fraction of sp³-hybridized carbons (Fsp3) is 0.222. The van der Waals surface area contributed by atoms with Gasteiger partial charge in [-0.3, -0.25) is 14.9 Å². The quantitative estimate of drug-likeness (QED) is 0.453. The highest BCUT2D eigenvalue weighted by molar-refractivity contribution is 5.82. The molecule has 0 atom stereocenters. The van der Waals surface area contributed by atoms with Crippen molar-refractivity contribution in [1.82, 2.24) is 0 Å². The van der Waals surface area contributed by atoms with Crippen molar-refractivity contribution < 1.29 is 23.2 Å². The second kappa shape index (κ2) is 4.65. The molecule has 16 heavy (non-hydrogen) atoms. The van der Waals surface area contributed by atoms with Crippen LogP contribution in [0.2, 0.25) is 0 Å². The Hall–Kier alpha value is -2.05. The third-order valence-corrected chi connectivity index (χ3v) is 1.77. The Morgan fingerprint density at radius 1 is 1.50 bits per heavy atom. The zero-order valence-electron chi connectivity index (χ0n) is 8.15. The lowest BCUT2D eigenvalue weighted by Crippen LogP contribution is -2.07. The largest absolute Gasteiger partial charge is 0.427 e. The van der Waals surface area contributed by atoms with E-state index in [0.29, 0.717) is 5.56 Å². The number of nitro groups is 1. The van der Waals surface area contributed by atoms with E-state index in [1.54, 1.807) is 0 Å². The van der Waals surface area contributed by atoms with Crippen LogP contribution in [0.3, 0.4) is 0 Å². The van der Waals surface area contributed by atoms with E-state index in [9.17, 15) is 23.7 Å². The van der Waals surface area contributed by atoms with Crippen LogP contribution < -0.4 is 4.74 Å². The maximum absolute atomic E-state index is 12.0. The summed E-state index contributed by atoms with van der Waals surface area (Å²) in [4.78, 5) is 20.3. The van der Waals surface area contributed by atoms with Crippen molar-refractivity contribution >= 4 is 12.0 Å². The minimum Gasteiger partial charge on any atom is -0.427 e. The minimum absolute atomic E-state index is 0.234. The van der Waals surface area contributed by atoms with Crippen molar-refractivity contribution in [1.29, 1.82) is 0 Å². The van der Waals surface area contributed by atoms with Gasteiger partial charge in [-0.1, -0.05) is 0 Å². The molecule has 0 fully saturated rings. The average Bonchev–Trinajstić information content (AvgIpc) is 2.19. The van der Waals surface area contributed by atoms with Crippen LogP contribution in [0, 0.1) is 17.0 Å². The van der Waals surface area contributed by atoms with E-state index in [2.05, 4.69) is 4.74 Å². The van der Waals surface area contributed by atoms with Gasteiger partial charge in [0.1, 0.15) is 0 Å². The summed E-state index contributed by atoms with van der Waals surface area (Å²) < 4.78 is 28.0. The maximum atomic E-state index is 12.0. The third kappa shape index (κ3) is 2.50. The first-order valence-corrected chi connectivity index (χ1v) is 4.14. The maximum Gasteiger partial charge on any atom is 0.387 e. The summed E-state index contributed by atoms with van der Waals surface area (Å²) in [7, 11) is 0. The van der Waals surface area contributed by atoms with E-state index in [0.717, 1.165) is 6.07 Å². The number of carbonyl (C=O) groups is 1. The monoisotopic (exact) mass is 231 g/mol. The van der Waals surface area contributed by atoms with Gasteiger partial charge in [0, 0.05) is 6.07 Å². The topological polar surface area (TPSA) is 69.4 Å². The highest BCUT2D eigenvalue weighted by Crippen LogP contribution is 2.32. The van der Waals surface area contributed by atoms with Crippen molar-refractivity contribution in [3.05, 3.63) is 33.4 Å². The van der Waals surface area contributed by atoms with Crippen molar-refractivity contribution in [2.75, 3.05) is 0 Å². The molecule has 0 aliphatic carbocycles. The summed E-state index contributed by atoms with van der Waals surface area (Å²) in [5, 5.41) is 10.6. The van der Waals surface area contributed by atoms with E-state index in [-0.39, 0.29) is 11.8 Å². The van der Waals surface area contributed by atoms with Gasteiger partial charge in [0.05, 0.1) is 10.5 Å². The standard InChI is InChI=1S/C9H7F2NO4/c1-5-2-6(4-13)8(16-9(10)11)7(3-5)12(14)15/h2-4,9H,1H3. The molecule has 0 amide bonds. The van der Waals surface area contributed by atoms with Gasteiger partial charge in [-0.25, -0.2) is 0 Å². The first-order chi connectivity index (χ1) is 7.45. The summed E-state index contributed by atoms with van der Waals surface area (Å²) in [6, 6.07) is 2.29. The van der Waals surface area contributed by atoms with Crippen LogP contribution in [0.1, 0.15) is 15.9 Å². The average molecular weight is 231 g/mol. The Balaban J connectivity index is 3.38. The smallest absolute Gasteiger partial charge is 0.387 e. The van der Waals surface area contributed by atoms with E-state index in [4.69, 9.17) is 0 Å². The number of rotatable bonds is 4. The second-order valence-electron chi connectivity index (χ2n) is 2.96. The van der Waals surface area contributed by atoms with Gasteiger partial charge in [-0.15, -0.1) is 0 Å². The second-order valence-corrected chi connectivity index (χ2v) is 2.96. The number of alkyl halides is 2. The van der Waals surface area contributed by atoms with Gasteiger partial charge in [0.25, 0.3) is 0 Å². The zero-order chi connectivity index (χ0) is 12.3. The van der Waals surface area contributed by atoms with Gasteiger partial charge in [-0.2, -0.15) is 8.78 Å². The third-order valence-electron chi connectivity index (χ3n) is 1.77. The van der Waals surface area contributed by atoms with Crippen molar-refractivity contribution in [2.45, 2.75) is 13.5 Å². The Bertz CT molecular complexity index is 434. The molecule has 1 aromatic rings. The molecule has 0 aromatic heterocycles. The van der Waals surface area contributed by atoms with Crippen molar-refractivity contribution in [2.24, 2.45) is 0 Å². The lowest BCUT2D eigenvalue weighted by atomic mass is 10.1. The van der Waals surface area contributed by atoms with Crippen LogP contribution in [0.25, 0.3) is 0 Å². The van der Waals surface area contributed by atoms with Crippen LogP contribution in [0.4, 0.5) is 14.5 Å². The molecule has 0 saturated heterocycles. The van der Waals surface area contributed by atoms with Gasteiger partial charge < -0.3 is 4.74 Å².